The van der Waals surface area contributed by atoms with Crippen LogP contribution >= 0.6 is 0 Å². The van der Waals surface area contributed by atoms with Gasteiger partial charge in [-0.05, 0) is 73.6 Å². The first-order valence-corrected chi connectivity index (χ1v) is 9.58. The van der Waals surface area contributed by atoms with Crippen molar-refractivity contribution in [2.75, 3.05) is 0 Å². The fourth-order valence-electron chi connectivity index (χ4n) is 3.08. The predicted molar refractivity (Wildman–Crippen MR) is 113 cm³/mol. The number of aliphatic hydroxyl groups is 1. The van der Waals surface area contributed by atoms with E-state index in [0.717, 1.165) is 41.3 Å². The molecule has 1 aromatic heterocycles. The van der Waals surface area contributed by atoms with E-state index in [1.807, 2.05) is 36.4 Å². The zero-order valence-electron chi connectivity index (χ0n) is 16.1. The van der Waals surface area contributed by atoms with Gasteiger partial charge in [-0.1, -0.05) is 30.4 Å². The van der Waals surface area contributed by atoms with E-state index in [-0.39, 0.29) is 11.9 Å². The Hall–Kier alpha value is -2.85. The molecule has 1 atom stereocenters. The molecule has 1 unspecified atom stereocenters. The zero-order chi connectivity index (χ0) is 19.9. The predicted octanol–water partition coefficient (Wildman–Crippen LogP) is 5.73. The number of hydrogen-bond acceptors (Lipinski definition) is 3. The van der Waals surface area contributed by atoms with Gasteiger partial charge in [0.05, 0.1) is 11.6 Å². The van der Waals surface area contributed by atoms with Crippen LogP contribution in [-0.4, -0.2) is 21.2 Å². The van der Waals surface area contributed by atoms with Crippen molar-refractivity contribution in [2.24, 2.45) is 0 Å². The molecule has 0 aliphatic rings. The number of benzene rings is 2. The number of hydrogen-bond donors (Lipinski definition) is 1. The molecule has 1 heterocycles. The van der Waals surface area contributed by atoms with Gasteiger partial charge in [0.2, 0.25) is 0 Å². The van der Waals surface area contributed by atoms with Crippen LogP contribution in [0.1, 0.15) is 37.6 Å². The molecule has 0 saturated heterocycles. The van der Waals surface area contributed by atoms with Crippen molar-refractivity contribution in [3.8, 4) is 11.1 Å². The second kappa shape index (κ2) is 9.38. The first-order valence-electron chi connectivity index (χ1n) is 9.58. The topological polar surface area (TPSA) is 46.0 Å². The minimum Gasteiger partial charge on any atom is -0.393 e. The van der Waals surface area contributed by atoms with Gasteiger partial charge in [0, 0.05) is 11.6 Å². The van der Waals surface area contributed by atoms with Gasteiger partial charge in [-0.15, -0.1) is 6.58 Å². The second-order valence-electron chi connectivity index (χ2n) is 6.98. The molecular weight excluding hydrogens is 351 g/mol. The number of aromatic nitrogens is 2. The van der Waals surface area contributed by atoms with Crippen molar-refractivity contribution < 1.29 is 9.50 Å². The Morgan fingerprint density at radius 3 is 2.71 bits per heavy atom. The average molecular weight is 376 g/mol. The SMILES string of the molecule is C=CCc1ccc(-c2ccc3nc(/C=C/CCCC(C)O)ncc3c2)cc1F. The fourth-order valence-corrected chi connectivity index (χ4v) is 3.08. The lowest BCUT2D eigenvalue weighted by molar-refractivity contribution is 0.182. The summed E-state index contributed by atoms with van der Waals surface area (Å²) in [6.45, 7) is 5.46. The van der Waals surface area contributed by atoms with Crippen LogP contribution in [0.4, 0.5) is 4.39 Å². The van der Waals surface area contributed by atoms with Crippen LogP contribution in [0.25, 0.3) is 28.1 Å². The Labute approximate surface area is 165 Å². The van der Waals surface area contributed by atoms with Crippen LogP contribution in [0, 0.1) is 5.82 Å². The van der Waals surface area contributed by atoms with Gasteiger partial charge in [0.1, 0.15) is 5.82 Å². The molecule has 3 aromatic rings. The zero-order valence-corrected chi connectivity index (χ0v) is 16.1. The van der Waals surface area contributed by atoms with Gasteiger partial charge in [0.25, 0.3) is 0 Å². The molecule has 0 bridgehead atoms. The highest BCUT2D eigenvalue weighted by atomic mass is 19.1. The fraction of sp³-hybridized carbons (Fsp3) is 0.250. The van der Waals surface area contributed by atoms with Gasteiger partial charge in [0.15, 0.2) is 5.82 Å². The molecule has 144 valence electrons. The Morgan fingerprint density at radius 2 is 1.96 bits per heavy atom. The average Bonchev–Trinajstić information content (AvgIpc) is 2.68. The lowest BCUT2D eigenvalue weighted by Gasteiger charge is -2.07. The highest BCUT2D eigenvalue weighted by Crippen LogP contribution is 2.25. The minimum absolute atomic E-state index is 0.218. The van der Waals surface area contributed by atoms with Gasteiger partial charge in [-0.2, -0.15) is 0 Å². The maximum absolute atomic E-state index is 14.2. The van der Waals surface area contributed by atoms with E-state index in [9.17, 15) is 9.50 Å². The number of aliphatic hydroxyl groups excluding tert-OH is 1. The van der Waals surface area contributed by atoms with Crippen molar-refractivity contribution in [3.63, 3.8) is 0 Å². The lowest BCUT2D eigenvalue weighted by atomic mass is 10.0. The summed E-state index contributed by atoms with van der Waals surface area (Å²) in [5, 5.41) is 10.2. The molecule has 1 N–H and O–H groups in total. The van der Waals surface area contributed by atoms with Gasteiger partial charge < -0.3 is 5.11 Å². The van der Waals surface area contributed by atoms with E-state index in [2.05, 4.69) is 16.5 Å². The molecule has 0 saturated carbocycles. The molecular formula is C24H25FN2O. The van der Waals surface area contributed by atoms with E-state index in [1.165, 1.54) is 0 Å². The molecule has 0 spiro atoms. The van der Waals surface area contributed by atoms with Gasteiger partial charge in [-0.3, -0.25) is 0 Å². The molecule has 3 rings (SSSR count). The molecule has 2 aromatic carbocycles. The van der Waals surface area contributed by atoms with Crippen molar-refractivity contribution in [1.82, 2.24) is 9.97 Å². The Balaban J connectivity index is 1.76. The van der Waals surface area contributed by atoms with Crippen LogP contribution in [0.5, 0.6) is 0 Å². The summed E-state index contributed by atoms with van der Waals surface area (Å²) >= 11 is 0. The maximum atomic E-state index is 14.2. The van der Waals surface area contributed by atoms with Crippen molar-refractivity contribution in [2.45, 2.75) is 38.7 Å². The smallest absolute Gasteiger partial charge is 0.152 e. The van der Waals surface area contributed by atoms with Crippen molar-refractivity contribution in [3.05, 3.63) is 78.5 Å². The third-order valence-corrected chi connectivity index (χ3v) is 4.61. The number of halogens is 1. The van der Waals surface area contributed by atoms with E-state index in [1.54, 1.807) is 31.3 Å². The molecule has 0 aliphatic heterocycles. The van der Waals surface area contributed by atoms with Gasteiger partial charge >= 0.3 is 0 Å². The second-order valence-corrected chi connectivity index (χ2v) is 6.98. The highest BCUT2D eigenvalue weighted by molar-refractivity contribution is 5.84. The van der Waals surface area contributed by atoms with E-state index in [4.69, 9.17) is 0 Å². The number of fused-ring (bicyclic) bond motifs is 1. The molecule has 0 radical (unpaired) electrons. The summed E-state index contributed by atoms with van der Waals surface area (Å²) in [5.41, 5.74) is 3.26. The third kappa shape index (κ3) is 5.11. The van der Waals surface area contributed by atoms with Crippen LogP contribution in [-0.2, 0) is 6.42 Å². The molecule has 28 heavy (non-hydrogen) atoms. The Kier molecular flexibility index (Phi) is 6.66. The number of rotatable bonds is 8. The summed E-state index contributed by atoms with van der Waals surface area (Å²) < 4.78 is 14.2. The van der Waals surface area contributed by atoms with E-state index in [0.29, 0.717) is 17.8 Å². The highest BCUT2D eigenvalue weighted by Gasteiger charge is 2.06. The van der Waals surface area contributed by atoms with Crippen LogP contribution in [0.15, 0.2) is 61.3 Å². The van der Waals surface area contributed by atoms with Crippen molar-refractivity contribution in [1.29, 1.82) is 0 Å². The standard InChI is InChI=1S/C24H25FN2O/c1-3-7-18-10-11-20(15-22(18)25)19-12-13-23-21(14-19)16-26-24(27-23)9-6-4-5-8-17(2)28/h3,6,9-17,28H,1,4-5,7-8H2,2H3/b9-6+. The summed E-state index contributed by atoms with van der Waals surface area (Å²) in [6.07, 6.45) is 10.3. The number of allylic oxidation sites excluding steroid dienone is 2. The van der Waals surface area contributed by atoms with Crippen LogP contribution < -0.4 is 0 Å². The van der Waals surface area contributed by atoms with Crippen LogP contribution in [0.2, 0.25) is 0 Å². The molecule has 4 heteroatoms. The molecule has 0 aliphatic carbocycles. The summed E-state index contributed by atoms with van der Waals surface area (Å²) in [4.78, 5) is 8.96. The summed E-state index contributed by atoms with van der Waals surface area (Å²) in [5.74, 6) is 0.446. The normalized spacial score (nSPS) is 12.5. The summed E-state index contributed by atoms with van der Waals surface area (Å²) in [6, 6.07) is 11.2. The molecule has 0 fully saturated rings. The van der Waals surface area contributed by atoms with Crippen molar-refractivity contribution >= 4 is 17.0 Å². The Morgan fingerprint density at radius 1 is 1.18 bits per heavy atom. The first-order chi connectivity index (χ1) is 13.6. The van der Waals surface area contributed by atoms with E-state index >= 15 is 0 Å². The number of nitrogens with zero attached hydrogens (tertiary/aromatic N) is 2. The van der Waals surface area contributed by atoms with Gasteiger partial charge in [-0.25, -0.2) is 14.4 Å². The molecule has 3 nitrogen and oxygen atoms in total. The quantitative estimate of drug-likeness (QED) is 0.403. The summed E-state index contributed by atoms with van der Waals surface area (Å²) in [7, 11) is 0. The number of unbranched alkanes of at least 4 members (excludes halogenated alkanes) is 1. The first kappa shape index (κ1) is 19.9. The third-order valence-electron chi connectivity index (χ3n) is 4.61. The monoisotopic (exact) mass is 376 g/mol. The maximum Gasteiger partial charge on any atom is 0.152 e. The van der Waals surface area contributed by atoms with Crippen LogP contribution in [0.3, 0.4) is 0 Å². The minimum atomic E-state index is -0.258. The molecule has 0 amide bonds. The van der Waals surface area contributed by atoms with E-state index < -0.39 is 0 Å². The largest absolute Gasteiger partial charge is 0.393 e. The lowest BCUT2D eigenvalue weighted by Crippen LogP contribution is -1.97. The Bertz CT molecular complexity index is 995.